The minimum absolute atomic E-state index is 0.183. The molecule has 1 aliphatic rings. The molecule has 1 aromatic carbocycles. The van der Waals surface area contributed by atoms with Gasteiger partial charge in [-0.25, -0.2) is 4.79 Å². The van der Waals surface area contributed by atoms with E-state index in [1.165, 1.54) is 0 Å². The number of urea groups is 1. The third kappa shape index (κ3) is 4.75. The van der Waals surface area contributed by atoms with Gasteiger partial charge in [0.2, 0.25) is 5.91 Å². The highest BCUT2D eigenvalue weighted by Crippen LogP contribution is 2.08. The Hall–Kier alpha value is -2.08. The van der Waals surface area contributed by atoms with E-state index in [1.54, 1.807) is 0 Å². The number of amides is 3. The quantitative estimate of drug-likeness (QED) is 0.729. The summed E-state index contributed by atoms with van der Waals surface area (Å²) >= 11 is 0. The Labute approximate surface area is 124 Å². The topological polar surface area (TPSA) is 79.5 Å². The first-order valence-electron chi connectivity index (χ1n) is 7.06. The Morgan fingerprint density at radius 1 is 1.43 bits per heavy atom. The molecule has 1 heterocycles. The van der Waals surface area contributed by atoms with Crippen LogP contribution in [0.2, 0.25) is 0 Å². The highest BCUT2D eigenvalue weighted by Gasteiger charge is 2.26. The average Bonchev–Trinajstić information content (AvgIpc) is 2.90. The number of carbonyl (C=O) groups is 2. The predicted octanol–water partition coefficient (Wildman–Crippen LogP) is 0.909. The lowest BCUT2D eigenvalue weighted by Gasteiger charge is -2.11. The minimum atomic E-state index is -0.495. The molecule has 1 fully saturated rings. The Kier molecular flexibility index (Phi) is 5.16. The van der Waals surface area contributed by atoms with Crippen LogP contribution in [-0.4, -0.2) is 30.6 Å². The van der Waals surface area contributed by atoms with E-state index in [0.29, 0.717) is 19.7 Å². The zero-order valence-electron chi connectivity index (χ0n) is 12.3. The van der Waals surface area contributed by atoms with Crippen LogP contribution in [0, 0.1) is 0 Å². The molecule has 6 heteroatoms. The van der Waals surface area contributed by atoms with Gasteiger partial charge in [0.1, 0.15) is 6.04 Å². The fraction of sp³-hybridized carbons (Fsp3) is 0.467. The molecule has 0 aliphatic carbocycles. The van der Waals surface area contributed by atoms with Crippen LogP contribution < -0.4 is 16.0 Å². The largest absolute Gasteiger partial charge is 0.374 e. The summed E-state index contributed by atoms with van der Waals surface area (Å²) in [5.41, 5.74) is 2.08. The monoisotopic (exact) mass is 291 g/mol. The molecule has 0 spiro atoms. The second-order valence-corrected chi connectivity index (χ2v) is 5.30. The molecular weight excluding hydrogens is 270 g/mol. The zero-order valence-corrected chi connectivity index (χ0v) is 12.3. The summed E-state index contributed by atoms with van der Waals surface area (Å²) in [4.78, 5) is 22.9. The number of hydrogen-bond acceptors (Lipinski definition) is 3. The second kappa shape index (κ2) is 7.08. The van der Waals surface area contributed by atoms with E-state index in [4.69, 9.17) is 4.74 Å². The standard InChI is InChI=1S/C15H21N3O3/c1-10(2)21-9-12-5-3-4-11(6-12)7-16-14(19)13-8-17-15(20)18-13/h3-6,10,13H,7-9H2,1-2H3,(H,16,19)(H2,17,18,20)/t13-/m0/s1. The van der Waals surface area contributed by atoms with Crippen molar-refractivity contribution in [3.05, 3.63) is 35.4 Å². The average molecular weight is 291 g/mol. The van der Waals surface area contributed by atoms with Gasteiger partial charge in [0.15, 0.2) is 0 Å². The van der Waals surface area contributed by atoms with E-state index in [-0.39, 0.29) is 18.0 Å². The van der Waals surface area contributed by atoms with Crippen LogP contribution in [0.1, 0.15) is 25.0 Å². The molecule has 3 N–H and O–H groups in total. The fourth-order valence-electron chi connectivity index (χ4n) is 2.02. The molecule has 0 radical (unpaired) electrons. The van der Waals surface area contributed by atoms with E-state index in [9.17, 15) is 9.59 Å². The van der Waals surface area contributed by atoms with Crippen LogP contribution in [0.4, 0.5) is 4.79 Å². The van der Waals surface area contributed by atoms with Crippen molar-refractivity contribution in [2.24, 2.45) is 0 Å². The van der Waals surface area contributed by atoms with Crippen LogP contribution in [0.5, 0.6) is 0 Å². The van der Waals surface area contributed by atoms with Gasteiger partial charge >= 0.3 is 6.03 Å². The van der Waals surface area contributed by atoms with Crippen LogP contribution in [0.15, 0.2) is 24.3 Å². The van der Waals surface area contributed by atoms with Crippen LogP contribution in [0.25, 0.3) is 0 Å². The normalized spacial score (nSPS) is 17.5. The minimum Gasteiger partial charge on any atom is -0.374 e. The zero-order chi connectivity index (χ0) is 15.2. The molecule has 6 nitrogen and oxygen atoms in total. The van der Waals surface area contributed by atoms with E-state index < -0.39 is 6.04 Å². The van der Waals surface area contributed by atoms with Gasteiger partial charge in [0.05, 0.1) is 12.7 Å². The van der Waals surface area contributed by atoms with Crippen LogP contribution in [0.3, 0.4) is 0 Å². The van der Waals surface area contributed by atoms with E-state index in [2.05, 4.69) is 16.0 Å². The number of nitrogens with one attached hydrogen (secondary N) is 3. The van der Waals surface area contributed by atoms with Gasteiger partial charge in [-0.1, -0.05) is 24.3 Å². The van der Waals surface area contributed by atoms with Gasteiger partial charge in [-0.2, -0.15) is 0 Å². The van der Waals surface area contributed by atoms with Gasteiger partial charge in [0.25, 0.3) is 0 Å². The Morgan fingerprint density at radius 2 is 2.19 bits per heavy atom. The number of ether oxygens (including phenoxy) is 1. The van der Waals surface area contributed by atoms with Gasteiger partial charge in [-0.05, 0) is 25.0 Å². The van der Waals surface area contributed by atoms with E-state index in [1.807, 2.05) is 38.1 Å². The number of benzene rings is 1. The highest BCUT2D eigenvalue weighted by atomic mass is 16.5. The van der Waals surface area contributed by atoms with Crippen molar-refractivity contribution in [1.29, 1.82) is 0 Å². The van der Waals surface area contributed by atoms with Gasteiger partial charge in [-0.15, -0.1) is 0 Å². The number of rotatable bonds is 6. The molecule has 0 bridgehead atoms. The van der Waals surface area contributed by atoms with E-state index in [0.717, 1.165) is 11.1 Å². The lowest BCUT2D eigenvalue weighted by Crippen LogP contribution is -2.42. The van der Waals surface area contributed by atoms with Gasteiger partial charge < -0.3 is 20.7 Å². The summed E-state index contributed by atoms with van der Waals surface area (Å²) in [5.74, 6) is -0.183. The van der Waals surface area contributed by atoms with Crippen molar-refractivity contribution in [2.45, 2.75) is 39.1 Å². The Balaban J connectivity index is 1.83. The van der Waals surface area contributed by atoms with Crippen LogP contribution in [-0.2, 0) is 22.7 Å². The Bertz CT molecular complexity index is 517. The first-order valence-corrected chi connectivity index (χ1v) is 7.06. The molecule has 3 amide bonds. The smallest absolute Gasteiger partial charge is 0.315 e. The maximum atomic E-state index is 11.9. The molecule has 1 aromatic rings. The lowest BCUT2D eigenvalue weighted by atomic mass is 10.1. The summed E-state index contributed by atoms with van der Waals surface area (Å²) in [7, 11) is 0. The Morgan fingerprint density at radius 3 is 2.86 bits per heavy atom. The third-order valence-electron chi connectivity index (χ3n) is 3.13. The second-order valence-electron chi connectivity index (χ2n) is 5.30. The van der Waals surface area contributed by atoms with Crippen molar-refractivity contribution in [1.82, 2.24) is 16.0 Å². The third-order valence-corrected chi connectivity index (χ3v) is 3.13. The SMILES string of the molecule is CC(C)OCc1cccc(CNC(=O)[C@@H]2CNC(=O)N2)c1. The maximum absolute atomic E-state index is 11.9. The van der Waals surface area contributed by atoms with Crippen molar-refractivity contribution in [3.63, 3.8) is 0 Å². The maximum Gasteiger partial charge on any atom is 0.315 e. The first kappa shape index (κ1) is 15.3. The molecule has 0 unspecified atom stereocenters. The first-order chi connectivity index (χ1) is 10.0. The van der Waals surface area contributed by atoms with Crippen molar-refractivity contribution < 1.29 is 14.3 Å². The molecule has 114 valence electrons. The summed E-state index contributed by atoms with van der Waals surface area (Å²) in [6, 6.07) is 7.10. The predicted molar refractivity (Wildman–Crippen MR) is 78.5 cm³/mol. The highest BCUT2D eigenvalue weighted by molar-refractivity contribution is 5.90. The molecule has 0 saturated carbocycles. The number of carbonyl (C=O) groups excluding carboxylic acids is 2. The lowest BCUT2D eigenvalue weighted by molar-refractivity contribution is -0.122. The molecule has 1 atom stereocenters. The van der Waals surface area contributed by atoms with Gasteiger partial charge in [-0.3, -0.25) is 4.79 Å². The summed E-state index contributed by atoms with van der Waals surface area (Å²) < 4.78 is 5.56. The number of hydrogen-bond donors (Lipinski definition) is 3. The van der Waals surface area contributed by atoms with E-state index >= 15 is 0 Å². The molecule has 0 aromatic heterocycles. The van der Waals surface area contributed by atoms with Crippen LogP contribution >= 0.6 is 0 Å². The molecule has 1 aliphatic heterocycles. The summed E-state index contributed by atoms with van der Waals surface area (Å²) in [5, 5.41) is 7.93. The summed E-state index contributed by atoms with van der Waals surface area (Å²) in [6.45, 7) is 5.30. The molecule has 1 saturated heterocycles. The van der Waals surface area contributed by atoms with Crippen molar-refractivity contribution >= 4 is 11.9 Å². The van der Waals surface area contributed by atoms with Crippen molar-refractivity contribution in [2.75, 3.05) is 6.54 Å². The summed E-state index contributed by atoms with van der Waals surface area (Å²) in [6.07, 6.45) is 0.187. The fourth-order valence-corrected chi connectivity index (χ4v) is 2.02. The molecule has 2 rings (SSSR count). The van der Waals surface area contributed by atoms with Gasteiger partial charge in [0, 0.05) is 13.1 Å². The van der Waals surface area contributed by atoms with Crippen molar-refractivity contribution in [3.8, 4) is 0 Å². The molecule has 21 heavy (non-hydrogen) atoms. The molecular formula is C15H21N3O3.